The van der Waals surface area contributed by atoms with E-state index in [2.05, 4.69) is 21.0 Å². The summed E-state index contributed by atoms with van der Waals surface area (Å²) in [6.07, 6.45) is -5.14. The van der Waals surface area contributed by atoms with Crippen molar-refractivity contribution in [3.05, 3.63) is 66.4 Å². The Morgan fingerprint density at radius 2 is 1.65 bits per heavy atom. The minimum Gasteiger partial charge on any atom is -0.494 e. The number of methoxy groups -OCH3 is 1. The average Bonchev–Trinajstić information content (AvgIpc) is 3.25. The van der Waals surface area contributed by atoms with Gasteiger partial charge in [-0.1, -0.05) is 34.8 Å². The van der Waals surface area contributed by atoms with Crippen LogP contribution in [-0.2, 0) is 27.3 Å². The number of carbonyl (C=O) groups excluding carboxylic acids is 1. The Kier molecular flexibility index (Phi) is 16.5. The number of rotatable bonds is 9. The molecular weight excluding hydrogens is 816 g/mol. The van der Waals surface area contributed by atoms with E-state index in [1.807, 2.05) is 0 Å². The van der Waals surface area contributed by atoms with Crippen LogP contribution in [0, 0.1) is 5.82 Å². The molecule has 0 bridgehead atoms. The van der Waals surface area contributed by atoms with E-state index >= 15 is 0 Å². The van der Waals surface area contributed by atoms with Crippen molar-refractivity contribution < 1.29 is 61.1 Å². The second kappa shape index (κ2) is 18.4. The molecule has 2 aromatic carbocycles. The number of nitrogens with zero attached hydrogens (tertiary/aromatic N) is 2. The standard InChI is InChI=1S/C15H12BrClF4N2O2.C8H6Cl2O3.C5H12NO4P/c1-6(2)25-14(24)7-4-8(10(18)5-9(7)17)12-11(16)13(15(19,20)21)23(3)22-12;1-13-7-5(10)3-2-4(9)6(7)8(11)12;1-11(9,10)3-2-4(6)5(7)8/h4-6H,1-3H3;2-3H,1H3,(H,11,12);4H,2-3,6H2,1H3,(H,7,8)(H,9,10). The third kappa shape index (κ3) is 13.0. The quantitative estimate of drug-likeness (QED) is 0.0942. The predicted molar refractivity (Wildman–Crippen MR) is 178 cm³/mol. The molecule has 49 heavy (non-hydrogen) atoms. The lowest BCUT2D eigenvalue weighted by atomic mass is 10.1. The molecule has 0 aliphatic carbocycles. The van der Waals surface area contributed by atoms with Crippen LogP contribution >= 0.6 is 58.1 Å². The molecule has 0 fully saturated rings. The highest BCUT2D eigenvalue weighted by atomic mass is 79.9. The fraction of sp³-hybridized carbons (Fsp3) is 0.357. The van der Waals surface area contributed by atoms with Crippen molar-refractivity contribution in [1.82, 2.24) is 9.78 Å². The molecule has 3 aromatic rings. The van der Waals surface area contributed by atoms with Crippen molar-refractivity contribution in [3.8, 4) is 17.0 Å². The van der Waals surface area contributed by atoms with E-state index in [0.29, 0.717) is 4.68 Å². The van der Waals surface area contributed by atoms with Gasteiger partial charge in [0.15, 0.2) is 18.8 Å². The number of hydrogen-bond donors (Lipinski definition) is 4. The molecule has 1 heterocycles. The Bertz CT molecular complexity index is 1740. The second-order valence-corrected chi connectivity index (χ2v) is 14.7. The van der Waals surface area contributed by atoms with Crippen LogP contribution < -0.4 is 10.5 Å². The van der Waals surface area contributed by atoms with Crippen LogP contribution in [0.2, 0.25) is 15.1 Å². The molecule has 12 nitrogen and oxygen atoms in total. The average molecular weight is 846 g/mol. The smallest absolute Gasteiger partial charge is 0.434 e. The number of aromatic carboxylic acids is 1. The van der Waals surface area contributed by atoms with Crippen molar-refractivity contribution in [2.45, 2.75) is 38.6 Å². The number of carboxylic acid groups (broad SMARTS) is 2. The molecule has 3 rings (SSSR count). The summed E-state index contributed by atoms with van der Waals surface area (Å²) in [4.78, 5) is 41.6. The highest BCUT2D eigenvalue weighted by Gasteiger charge is 2.39. The van der Waals surface area contributed by atoms with Crippen molar-refractivity contribution in [2.75, 3.05) is 19.9 Å². The van der Waals surface area contributed by atoms with E-state index in [1.165, 1.54) is 25.9 Å². The summed E-state index contributed by atoms with van der Waals surface area (Å²) in [5.74, 6) is -3.95. The van der Waals surface area contributed by atoms with Gasteiger partial charge >= 0.3 is 24.1 Å². The molecule has 0 amide bonds. The van der Waals surface area contributed by atoms with Crippen LogP contribution in [0.25, 0.3) is 11.3 Å². The molecule has 0 spiro atoms. The number of aliphatic carboxylic acids is 1. The minimum absolute atomic E-state index is 0.0412. The zero-order valence-corrected chi connectivity index (χ0v) is 30.9. The molecule has 2 unspecified atom stereocenters. The summed E-state index contributed by atoms with van der Waals surface area (Å²) in [7, 11) is -0.683. The lowest BCUT2D eigenvalue weighted by Gasteiger charge is -2.11. The molecule has 2 atom stereocenters. The van der Waals surface area contributed by atoms with E-state index in [9.17, 15) is 36.5 Å². The lowest BCUT2D eigenvalue weighted by molar-refractivity contribution is -0.144. The number of alkyl halides is 3. The van der Waals surface area contributed by atoms with Gasteiger partial charge in [-0.3, -0.25) is 14.0 Å². The maximum Gasteiger partial charge on any atom is 0.434 e. The number of aromatic nitrogens is 2. The number of benzene rings is 2. The van der Waals surface area contributed by atoms with Gasteiger partial charge in [-0.15, -0.1) is 0 Å². The zero-order chi connectivity index (χ0) is 38.2. The van der Waals surface area contributed by atoms with Gasteiger partial charge in [0.1, 0.15) is 23.1 Å². The molecule has 0 aliphatic heterocycles. The first kappa shape index (κ1) is 44.1. The normalized spacial score (nSPS) is 12.9. The first-order chi connectivity index (χ1) is 22.3. The Balaban J connectivity index is 0.000000418. The molecule has 0 saturated carbocycles. The fourth-order valence-electron chi connectivity index (χ4n) is 3.58. The van der Waals surface area contributed by atoms with E-state index in [1.54, 1.807) is 13.8 Å². The van der Waals surface area contributed by atoms with Gasteiger partial charge in [-0.05, 0) is 60.5 Å². The Morgan fingerprint density at radius 3 is 2.06 bits per heavy atom. The highest BCUT2D eigenvalue weighted by Crippen LogP contribution is 2.41. The number of esters is 1. The Hall–Kier alpha value is -2.92. The summed E-state index contributed by atoms with van der Waals surface area (Å²) in [6.45, 7) is 4.41. The topological polar surface area (TPSA) is 191 Å². The molecule has 0 aliphatic rings. The maximum atomic E-state index is 14.3. The number of ether oxygens (including phenoxy) is 2. The molecule has 272 valence electrons. The predicted octanol–water partition coefficient (Wildman–Crippen LogP) is 7.61. The largest absolute Gasteiger partial charge is 0.494 e. The van der Waals surface area contributed by atoms with Gasteiger partial charge in [-0.2, -0.15) is 18.3 Å². The van der Waals surface area contributed by atoms with E-state index < -0.39 is 59.6 Å². The van der Waals surface area contributed by atoms with Crippen molar-refractivity contribution in [2.24, 2.45) is 12.8 Å². The number of halogens is 8. The van der Waals surface area contributed by atoms with E-state index in [0.717, 1.165) is 19.2 Å². The lowest BCUT2D eigenvalue weighted by Crippen LogP contribution is -2.30. The molecular formula is C28H30BrCl3F4N3O9P. The maximum absolute atomic E-state index is 14.3. The molecule has 21 heteroatoms. The zero-order valence-electron chi connectivity index (χ0n) is 26.1. The SMILES string of the molecule is CC(C)OC(=O)c1cc(-c2nn(C)c(C(F)(F)F)c2Br)c(F)cc1Cl.COc1c(Cl)ccc(Cl)c1C(=O)O.CP(=O)(O)CCC(N)C(=O)O. The molecule has 5 N–H and O–H groups in total. The van der Waals surface area contributed by atoms with Crippen LogP contribution in [0.5, 0.6) is 5.75 Å². The van der Waals surface area contributed by atoms with Crippen molar-refractivity contribution >= 4 is 76.0 Å². The van der Waals surface area contributed by atoms with E-state index in [-0.39, 0.29) is 55.8 Å². The molecule has 1 aromatic heterocycles. The van der Waals surface area contributed by atoms with Gasteiger partial charge in [0.05, 0.1) is 38.3 Å². The first-order valence-electron chi connectivity index (χ1n) is 13.4. The van der Waals surface area contributed by atoms with Gasteiger partial charge in [-0.25, -0.2) is 14.0 Å². The van der Waals surface area contributed by atoms with Crippen LogP contribution in [0.1, 0.15) is 46.7 Å². The van der Waals surface area contributed by atoms with Gasteiger partial charge < -0.3 is 30.3 Å². The van der Waals surface area contributed by atoms with Crippen LogP contribution in [-0.4, -0.2) is 74.9 Å². The van der Waals surface area contributed by atoms with Crippen LogP contribution in [0.15, 0.2) is 28.7 Å². The number of aryl methyl sites for hydroxylation is 1. The summed E-state index contributed by atoms with van der Waals surface area (Å²) in [5.41, 5.74) is 3.12. The van der Waals surface area contributed by atoms with Crippen molar-refractivity contribution in [1.29, 1.82) is 0 Å². The monoisotopic (exact) mass is 843 g/mol. The Labute approximate surface area is 300 Å². The summed E-state index contributed by atoms with van der Waals surface area (Å²) < 4.78 is 74.1. The minimum atomic E-state index is -4.69. The van der Waals surface area contributed by atoms with Crippen LogP contribution in [0.3, 0.4) is 0 Å². The van der Waals surface area contributed by atoms with Crippen LogP contribution in [0.4, 0.5) is 17.6 Å². The van der Waals surface area contributed by atoms with Crippen molar-refractivity contribution in [3.63, 3.8) is 0 Å². The summed E-state index contributed by atoms with van der Waals surface area (Å²) in [6, 6.07) is 3.72. The number of carboxylic acids is 2. The Morgan fingerprint density at radius 1 is 1.10 bits per heavy atom. The third-order valence-electron chi connectivity index (χ3n) is 5.78. The second-order valence-electron chi connectivity index (χ2n) is 10.1. The third-order valence-corrected chi connectivity index (χ3v) is 8.55. The fourth-order valence-corrected chi connectivity index (χ4v) is 5.80. The van der Waals surface area contributed by atoms with E-state index in [4.69, 9.17) is 65.1 Å². The van der Waals surface area contributed by atoms with Gasteiger partial charge in [0.2, 0.25) is 0 Å². The molecule has 0 radical (unpaired) electrons. The molecule has 0 saturated heterocycles. The number of carbonyl (C=O) groups is 3. The number of nitrogens with two attached hydrogens (primary N) is 1. The summed E-state index contributed by atoms with van der Waals surface area (Å²) >= 11 is 20.0. The first-order valence-corrected chi connectivity index (χ1v) is 17.6. The number of hydrogen-bond acceptors (Lipinski definition) is 8. The summed E-state index contributed by atoms with van der Waals surface area (Å²) in [5, 5.41) is 20.9. The van der Waals surface area contributed by atoms with Gasteiger partial charge in [0, 0.05) is 25.4 Å². The van der Waals surface area contributed by atoms with Gasteiger partial charge in [0.25, 0.3) is 0 Å². The highest BCUT2D eigenvalue weighted by molar-refractivity contribution is 9.10.